The van der Waals surface area contributed by atoms with E-state index < -0.39 is 0 Å². The number of nitrogens with zero attached hydrogens (tertiary/aromatic N) is 6. The Morgan fingerprint density at radius 2 is 1.94 bits per heavy atom. The molecule has 0 aliphatic carbocycles. The van der Waals surface area contributed by atoms with E-state index in [1.807, 2.05) is 31.2 Å². The van der Waals surface area contributed by atoms with Gasteiger partial charge in [0.05, 0.1) is 34.3 Å². The van der Waals surface area contributed by atoms with Crippen LogP contribution in [0.2, 0.25) is 5.02 Å². The molecule has 1 N–H and O–H groups in total. The number of rotatable bonds is 3. The quantitative estimate of drug-likeness (QED) is 0.454. The van der Waals surface area contributed by atoms with Crippen LogP contribution >= 0.6 is 11.6 Å². The van der Waals surface area contributed by atoms with Crippen LogP contribution in [0.3, 0.4) is 0 Å². The fraction of sp³-hybridized carbons (Fsp3) is 0.269. The van der Waals surface area contributed by atoms with Crippen LogP contribution in [-0.2, 0) is 0 Å². The summed E-state index contributed by atoms with van der Waals surface area (Å²) >= 11 is 6.47. The van der Waals surface area contributed by atoms with E-state index in [2.05, 4.69) is 20.2 Å². The summed E-state index contributed by atoms with van der Waals surface area (Å²) in [6, 6.07) is 12.8. The first-order valence-electron chi connectivity index (χ1n) is 11.8. The van der Waals surface area contributed by atoms with E-state index in [1.54, 1.807) is 34.7 Å². The molecule has 2 aromatic carbocycles. The fourth-order valence-electron chi connectivity index (χ4n) is 5.12. The van der Waals surface area contributed by atoms with Crippen LogP contribution in [-0.4, -0.2) is 50.6 Å². The zero-order valence-corrected chi connectivity index (χ0v) is 20.7. The summed E-state index contributed by atoms with van der Waals surface area (Å²) in [5, 5.41) is 3.94. The SMILES string of the molecule is Cc1cccc(-n2c([C@@H]3CCCN3c3ncnc4c3C(=O)N(C)CN4)nc3cccc(Cl)c3c2=O)c1. The molecule has 4 aromatic rings. The predicted octanol–water partition coefficient (Wildman–Crippen LogP) is 3.93. The third-order valence-corrected chi connectivity index (χ3v) is 7.14. The van der Waals surface area contributed by atoms with Crippen LogP contribution in [0.1, 0.15) is 40.6 Å². The molecule has 0 spiro atoms. The van der Waals surface area contributed by atoms with E-state index in [0.29, 0.717) is 52.2 Å². The van der Waals surface area contributed by atoms with Crippen LogP contribution in [0.25, 0.3) is 16.6 Å². The molecule has 1 fully saturated rings. The van der Waals surface area contributed by atoms with Gasteiger partial charge in [0.1, 0.15) is 29.4 Å². The maximum atomic E-state index is 13.9. The van der Waals surface area contributed by atoms with Gasteiger partial charge in [-0.1, -0.05) is 29.8 Å². The maximum absolute atomic E-state index is 13.9. The van der Waals surface area contributed by atoms with Gasteiger partial charge in [-0.3, -0.25) is 14.2 Å². The number of benzene rings is 2. The smallest absolute Gasteiger partial charge is 0.267 e. The number of halogens is 1. The van der Waals surface area contributed by atoms with Gasteiger partial charge in [-0.15, -0.1) is 0 Å². The van der Waals surface area contributed by atoms with E-state index in [1.165, 1.54) is 6.33 Å². The Morgan fingerprint density at radius 1 is 1.11 bits per heavy atom. The Hall–Kier alpha value is -3.98. The third-order valence-electron chi connectivity index (χ3n) is 6.83. The topological polar surface area (TPSA) is 96.2 Å². The van der Waals surface area contributed by atoms with Gasteiger partial charge in [0.15, 0.2) is 0 Å². The molecule has 1 amide bonds. The van der Waals surface area contributed by atoms with E-state index in [4.69, 9.17) is 16.6 Å². The molecule has 6 rings (SSSR count). The number of aromatic nitrogens is 4. The van der Waals surface area contributed by atoms with E-state index in [-0.39, 0.29) is 17.5 Å². The number of hydrogen-bond donors (Lipinski definition) is 1. The van der Waals surface area contributed by atoms with Crippen molar-refractivity contribution in [3.05, 3.63) is 81.1 Å². The molecule has 2 aliphatic rings. The molecular formula is C26H24ClN7O2. The molecular weight excluding hydrogens is 478 g/mol. The molecule has 2 aromatic heterocycles. The summed E-state index contributed by atoms with van der Waals surface area (Å²) in [6.07, 6.45) is 3.08. The summed E-state index contributed by atoms with van der Waals surface area (Å²) in [6.45, 7) is 3.04. The van der Waals surface area contributed by atoms with Gasteiger partial charge >= 0.3 is 0 Å². The lowest BCUT2D eigenvalue weighted by atomic mass is 10.1. The van der Waals surface area contributed by atoms with Crippen molar-refractivity contribution >= 4 is 40.0 Å². The second-order valence-electron chi connectivity index (χ2n) is 9.19. The molecule has 1 atom stereocenters. The average Bonchev–Trinajstić information content (AvgIpc) is 3.35. The second-order valence-corrected chi connectivity index (χ2v) is 9.60. The monoisotopic (exact) mass is 501 g/mol. The highest BCUT2D eigenvalue weighted by Gasteiger charge is 2.37. The van der Waals surface area contributed by atoms with Crippen molar-refractivity contribution in [3.63, 3.8) is 0 Å². The standard InChI is InChI=1S/C26H24ClN7O2/c1-15-6-3-7-16(12-15)34-23(31-18-9-4-8-17(27)20(18)26(34)36)19-10-5-11-33(19)24-21-22(28-13-29-24)30-14-32(2)25(21)35/h3-4,6-9,12-13,19H,5,10-11,14H2,1-2H3,(H,28,29,30)/t19-/m0/s1. The number of anilines is 2. The largest absolute Gasteiger partial charge is 0.352 e. The zero-order chi connectivity index (χ0) is 25.0. The maximum Gasteiger partial charge on any atom is 0.267 e. The Bertz CT molecular complexity index is 1580. The molecule has 9 nitrogen and oxygen atoms in total. The molecule has 1 saturated heterocycles. The molecule has 36 heavy (non-hydrogen) atoms. The molecule has 182 valence electrons. The highest BCUT2D eigenvalue weighted by Crippen LogP contribution is 2.39. The van der Waals surface area contributed by atoms with Crippen LogP contribution in [0.5, 0.6) is 0 Å². The van der Waals surface area contributed by atoms with Crippen molar-refractivity contribution in [2.75, 3.05) is 30.5 Å². The van der Waals surface area contributed by atoms with Crippen molar-refractivity contribution in [1.82, 2.24) is 24.4 Å². The lowest BCUT2D eigenvalue weighted by Crippen LogP contribution is -2.40. The van der Waals surface area contributed by atoms with E-state index in [9.17, 15) is 9.59 Å². The van der Waals surface area contributed by atoms with Gasteiger partial charge in [-0.25, -0.2) is 15.0 Å². The first-order valence-corrected chi connectivity index (χ1v) is 12.2. The number of hydrogen-bond acceptors (Lipinski definition) is 7. The first kappa shape index (κ1) is 22.5. The van der Waals surface area contributed by atoms with E-state index in [0.717, 1.165) is 24.1 Å². The lowest BCUT2D eigenvalue weighted by molar-refractivity contribution is 0.0796. The average molecular weight is 502 g/mol. The molecule has 0 unspecified atom stereocenters. The number of nitrogens with one attached hydrogen (secondary N) is 1. The minimum atomic E-state index is -0.277. The van der Waals surface area contributed by atoms with Crippen LogP contribution < -0.4 is 15.8 Å². The molecule has 0 saturated carbocycles. The summed E-state index contributed by atoms with van der Waals surface area (Å²) < 4.78 is 1.66. The highest BCUT2D eigenvalue weighted by atomic mass is 35.5. The number of fused-ring (bicyclic) bond motifs is 2. The van der Waals surface area contributed by atoms with Gasteiger partial charge in [0.2, 0.25) is 0 Å². The number of aryl methyl sites for hydroxylation is 1. The Kier molecular flexibility index (Phi) is 5.37. The molecule has 4 heterocycles. The van der Waals surface area contributed by atoms with Crippen LogP contribution in [0, 0.1) is 6.92 Å². The van der Waals surface area contributed by atoms with Crippen molar-refractivity contribution in [2.45, 2.75) is 25.8 Å². The summed E-state index contributed by atoms with van der Waals surface area (Å²) in [4.78, 5) is 44.5. The van der Waals surface area contributed by atoms with Gasteiger partial charge in [-0.05, 0) is 49.6 Å². The summed E-state index contributed by atoms with van der Waals surface area (Å²) in [5.74, 6) is 1.51. The predicted molar refractivity (Wildman–Crippen MR) is 139 cm³/mol. The van der Waals surface area contributed by atoms with Gasteiger partial charge in [0.25, 0.3) is 11.5 Å². The third kappa shape index (κ3) is 3.50. The van der Waals surface area contributed by atoms with E-state index >= 15 is 0 Å². The molecule has 0 bridgehead atoms. The fourth-order valence-corrected chi connectivity index (χ4v) is 5.37. The number of amides is 1. The van der Waals surface area contributed by atoms with Crippen LogP contribution in [0.15, 0.2) is 53.6 Å². The Balaban J connectivity index is 1.59. The van der Waals surface area contributed by atoms with Crippen molar-refractivity contribution in [3.8, 4) is 5.69 Å². The molecule has 0 radical (unpaired) electrons. The lowest BCUT2D eigenvalue weighted by Gasteiger charge is -2.32. The van der Waals surface area contributed by atoms with Gasteiger partial charge < -0.3 is 15.1 Å². The van der Waals surface area contributed by atoms with Crippen LogP contribution in [0.4, 0.5) is 11.6 Å². The Morgan fingerprint density at radius 3 is 2.78 bits per heavy atom. The molecule has 10 heteroatoms. The molecule has 2 aliphatic heterocycles. The highest BCUT2D eigenvalue weighted by molar-refractivity contribution is 6.35. The summed E-state index contributed by atoms with van der Waals surface area (Å²) in [5.41, 5.74) is 2.50. The summed E-state index contributed by atoms with van der Waals surface area (Å²) in [7, 11) is 1.74. The number of carbonyl (C=O) groups is 1. The van der Waals surface area contributed by atoms with Crippen molar-refractivity contribution < 1.29 is 4.79 Å². The second kappa shape index (κ2) is 8.60. The van der Waals surface area contributed by atoms with Gasteiger partial charge in [-0.2, -0.15) is 0 Å². The minimum absolute atomic E-state index is 0.140. The Labute approximate surface area is 212 Å². The first-order chi connectivity index (χ1) is 17.4. The van der Waals surface area contributed by atoms with Gasteiger partial charge in [0, 0.05) is 13.6 Å². The van der Waals surface area contributed by atoms with Crippen molar-refractivity contribution in [2.24, 2.45) is 0 Å². The van der Waals surface area contributed by atoms with Crippen molar-refractivity contribution in [1.29, 1.82) is 0 Å². The number of carbonyl (C=O) groups excluding carboxylic acids is 1. The minimum Gasteiger partial charge on any atom is -0.352 e. The zero-order valence-electron chi connectivity index (χ0n) is 19.9. The normalized spacial score (nSPS) is 17.4.